The summed E-state index contributed by atoms with van der Waals surface area (Å²) in [4.78, 5) is 23.1. The Labute approximate surface area is 109 Å². The van der Waals surface area contributed by atoms with Crippen LogP contribution in [0.3, 0.4) is 0 Å². The van der Waals surface area contributed by atoms with Gasteiger partial charge in [-0.25, -0.2) is 0 Å². The fourth-order valence-corrected chi connectivity index (χ4v) is 1.59. The Balaban J connectivity index is 2.76. The average molecular weight is 299 g/mol. The number of carbonyl (C=O) groups is 2. The molecule has 4 nitrogen and oxygen atoms in total. The molecule has 0 radical (unpaired) electrons. The summed E-state index contributed by atoms with van der Waals surface area (Å²) < 4.78 is 0.952. The van der Waals surface area contributed by atoms with E-state index in [1.807, 2.05) is 13.0 Å². The van der Waals surface area contributed by atoms with Crippen molar-refractivity contribution >= 4 is 27.7 Å². The van der Waals surface area contributed by atoms with Gasteiger partial charge in [0.2, 0.25) is 5.91 Å². The predicted molar refractivity (Wildman–Crippen MR) is 69.9 cm³/mol. The lowest BCUT2D eigenvalue weighted by Gasteiger charge is -2.12. The molecule has 0 saturated heterocycles. The third kappa shape index (κ3) is 3.56. The molecule has 0 saturated carbocycles. The highest BCUT2D eigenvalue weighted by Crippen LogP contribution is 2.17. The summed E-state index contributed by atoms with van der Waals surface area (Å²) in [7, 11) is 1.54. The van der Waals surface area contributed by atoms with E-state index < -0.39 is 6.04 Å². The Hall–Kier alpha value is -1.36. The van der Waals surface area contributed by atoms with Crippen molar-refractivity contribution in [2.45, 2.75) is 19.9 Å². The van der Waals surface area contributed by atoms with Gasteiger partial charge in [-0.2, -0.15) is 0 Å². The van der Waals surface area contributed by atoms with Crippen LogP contribution in [-0.4, -0.2) is 24.9 Å². The third-order valence-corrected chi connectivity index (χ3v) is 3.30. The molecular formula is C12H15BrN2O2. The second-order valence-corrected chi connectivity index (χ2v) is 4.63. The van der Waals surface area contributed by atoms with Crippen LogP contribution in [-0.2, 0) is 4.79 Å². The second kappa shape index (κ2) is 5.82. The van der Waals surface area contributed by atoms with E-state index in [0.29, 0.717) is 5.56 Å². The SMILES string of the molecule is CNC(=O)C(C)NC(=O)c1ccc(Br)c(C)c1. The molecule has 5 heteroatoms. The summed E-state index contributed by atoms with van der Waals surface area (Å²) in [6, 6.07) is 4.75. The molecule has 92 valence electrons. The summed E-state index contributed by atoms with van der Waals surface area (Å²) >= 11 is 3.37. The highest BCUT2D eigenvalue weighted by molar-refractivity contribution is 9.10. The van der Waals surface area contributed by atoms with Gasteiger partial charge in [0.25, 0.3) is 5.91 Å². The zero-order chi connectivity index (χ0) is 13.0. The van der Waals surface area contributed by atoms with Crippen LogP contribution in [0.25, 0.3) is 0 Å². The highest BCUT2D eigenvalue weighted by atomic mass is 79.9. The normalized spacial score (nSPS) is 11.8. The first kappa shape index (κ1) is 13.7. The molecule has 0 heterocycles. The molecule has 0 aliphatic heterocycles. The number of carbonyl (C=O) groups excluding carboxylic acids is 2. The van der Waals surface area contributed by atoms with Gasteiger partial charge in [-0.05, 0) is 37.6 Å². The molecule has 1 unspecified atom stereocenters. The zero-order valence-corrected chi connectivity index (χ0v) is 11.6. The summed E-state index contributed by atoms with van der Waals surface area (Å²) in [5.41, 5.74) is 1.52. The largest absolute Gasteiger partial charge is 0.357 e. The maximum atomic E-state index is 11.8. The molecule has 1 aromatic carbocycles. The Morgan fingerprint density at radius 2 is 2.00 bits per heavy atom. The van der Waals surface area contributed by atoms with Gasteiger partial charge >= 0.3 is 0 Å². The summed E-state index contributed by atoms with van der Waals surface area (Å²) in [5.74, 6) is -0.469. The van der Waals surface area contributed by atoms with Crippen molar-refractivity contribution in [3.8, 4) is 0 Å². The van der Waals surface area contributed by atoms with Crippen molar-refractivity contribution in [1.82, 2.24) is 10.6 Å². The van der Waals surface area contributed by atoms with Crippen LogP contribution >= 0.6 is 15.9 Å². The van der Waals surface area contributed by atoms with Gasteiger partial charge in [0.05, 0.1) is 0 Å². The van der Waals surface area contributed by atoms with Crippen LogP contribution in [0, 0.1) is 6.92 Å². The van der Waals surface area contributed by atoms with E-state index in [1.54, 1.807) is 19.1 Å². The van der Waals surface area contributed by atoms with Crippen molar-refractivity contribution in [3.63, 3.8) is 0 Å². The van der Waals surface area contributed by atoms with Crippen molar-refractivity contribution < 1.29 is 9.59 Å². The maximum Gasteiger partial charge on any atom is 0.251 e. The average Bonchev–Trinajstić information content (AvgIpc) is 2.31. The smallest absolute Gasteiger partial charge is 0.251 e. The molecule has 1 atom stereocenters. The number of aryl methyl sites for hydroxylation is 1. The molecule has 0 fully saturated rings. The number of rotatable bonds is 3. The van der Waals surface area contributed by atoms with Crippen LogP contribution in [0.2, 0.25) is 0 Å². The van der Waals surface area contributed by atoms with Gasteiger partial charge in [-0.1, -0.05) is 15.9 Å². The molecule has 0 bridgehead atoms. The molecule has 0 aliphatic rings. The monoisotopic (exact) mass is 298 g/mol. The number of nitrogens with one attached hydrogen (secondary N) is 2. The summed E-state index contributed by atoms with van der Waals surface area (Å²) in [5, 5.41) is 5.11. The topological polar surface area (TPSA) is 58.2 Å². The zero-order valence-electron chi connectivity index (χ0n) is 10.0. The second-order valence-electron chi connectivity index (χ2n) is 3.77. The van der Waals surface area contributed by atoms with Gasteiger partial charge in [0.15, 0.2) is 0 Å². The van der Waals surface area contributed by atoms with Crippen LogP contribution in [0.1, 0.15) is 22.8 Å². The first-order valence-corrected chi connectivity index (χ1v) is 6.03. The van der Waals surface area contributed by atoms with E-state index in [9.17, 15) is 9.59 Å². The van der Waals surface area contributed by atoms with Crippen molar-refractivity contribution in [2.75, 3.05) is 7.05 Å². The Bertz CT molecular complexity index is 446. The van der Waals surface area contributed by atoms with Gasteiger partial charge in [0, 0.05) is 17.1 Å². The Kier molecular flexibility index (Phi) is 4.69. The number of halogens is 1. The Morgan fingerprint density at radius 3 is 2.53 bits per heavy atom. The lowest BCUT2D eigenvalue weighted by molar-refractivity contribution is -0.122. The highest BCUT2D eigenvalue weighted by Gasteiger charge is 2.15. The third-order valence-electron chi connectivity index (χ3n) is 2.41. The molecule has 2 amide bonds. The Morgan fingerprint density at radius 1 is 1.35 bits per heavy atom. The molecule has 0 spiro atoms. The lowest BCUT2D eigenvalue weighted by Crippen LogP contribution is -2.43. The standard InChI is InChI=1S/C12H15BrN2O2/c1-7-6-9(4-5-10(7)13)12(17)15-8(2)11(16)14-3/h4-6,8H,1-3H3,(H,14,16)(H,15,17). The van der Waals surface area contributed by atoms with Crippen LogP contribution < -0.4 is 10.6 Å². The van der Waals surface area contributed by atoms with Gasteiger partial charge in [0.1, 0.15) is 6.04 Å². The quantitative estimate of drug-likeness (QED) is 0.891. The van der Waals surface area contributed by atoms with E-state index in [0.717, 1.165) is 10.0 Å². The van der Waals surface area contributed by atoms with E-state index in [2.05, 4.69) is 26.6 Å². The van der Waals surface area contributed by atoms with Crippen LogP contribution in [0.5, 0.6) is 0 Å². The van der Waals surface area contributed by atoms with Gasteiger partial charge in [-0.15, -0.1) is 0 Å². The number of likely N-dealkylation sites (N-methyl/N-ethyl adjacent to an activating group) is 1. The number of hydrogen-bond donors (Lipinski definition) is 2. The first-order chi connectivity index (χ1) is 7.95. The van der Waals surface area contributed by atoms with Gasteiger partial charge in [-0.3, -0.25) is 9.59 Å². The predicted octanol–water partition coefficient (Wildman–Crippen LogP) is 1.62. The molecule has 17 heavy (non-hydrogen) atoms. The number of benzene rings is 1. The van der Waals surface area contributed by atoms with E-state index >= 15 is 0 Å². The molecular weight excluding hydrogens is 284 g/mol. The van der Waals surface area contributed by atoms with Gasteiger partial charge < -0.3 is 10.6 Å². The van der Waals surface area contributed by atoms with Crippen molar-refractivity contribution in [2.24, 2.45) is 0 Å². The first-order valence-electron chi connectivity index (χ1n) is 5.24. The summed E-state index contributed by atoms with van der Waals surface area (Å²) in [6.45, 7) is 3.55. The van der Waals surface area contributed by atoms with Crippen LogP contribution in [0.15, 0.2) is 22.7 Å². The molecule has 1 rings (SSSR count). The van der Waals surface area contributed by atoms with Crippen molar-refractivity contribution in [1.29, 1.82) is 0 Å². The van der Waals surface area contributed by atoms with E-state index in [1.165, 1.54) is 7.05 Å². The fourth-order valence-electron chi connectivity index (χ4n) is 1.35. The number of hydrogen-bond acceptors (Lipinski definition) is 2. The minimum atomic E-state index is -0.545. The van der Waals surface area contributed by atoms with Crippen molar-refractivity contribution in [3.05, 3.63) is 33.8 Å². The number of amides is 2. The molecule has 0 aliphatic carbocycles. The maximum absolute atomic E-state index is 11.8. The van der Waals surface area contributed by atoms with E-state index in [4.69, 9.17) is 0 Å². The fraction of sp³-hybridized carbons (Fsp3) is 0.333. The minimum Gasteiger partial charge on any atom is -0.357 e. The molecule has 2 N–H and O–H groups in total. The van der Waals surface area contributed by atoms with E-state index in [-0.39, 0.29) is 11.8 Å². The lowest BCUT2D eigenvalue weighted by atomic mass is 10.1. The van der Waals surface area contributed by atoms with Crippen LogP contribution in [0.4, 0.5) is 0 Å². The summed E-state index contributed by atoms with van der Waals surface area (Å²) in [6.07, 6.45) is 0. The minimum absolute atomic E-state index is 0.216. The molecule has 1 aromatic rings. The molecule has 0 aromatic heterocycles.